The molecule has 0 fully saturated rings. The number of likely N-dealkylation sites (N-methyl/N-ethyl adjacent to an activating group) is 2. The molecule has 0 aliphatic rings. The largest absolute Gasteiger partial charge is 0.334 e. The molecule has 31 heavy (non-hydrogen) atoms. The molecule has 1 aromatic carbocycles. The molecule has 4 amide bonds. The zero-order valence-corrected chi connectivity index (χ0v) is 20.3. The number of hydrogen-bond acceptors (Lipinski definition) is 4. The van der Waals surface area contributed by atoms with Gasteiger partial charge in [-0.1, -0.05) is 33.8 Å². The molecular weight excluding hydrogens is 392 g/mol. The van der Waals surface area contributed by atoms with E-state index in [2.05, 4.69) is 58.8 Å². The first-order chi connectivity index (χ1) is 14.7. The summed E-state index contributed by atoms with van der Waals surface area (Å²) in [5.74, 6) is 0. The maximum atomic E-state index is 12.4. The third-order valence-electron chi connectivity index (χ3n) is 5.35. The van der Waals surface area contributed by atoms with E-state index in [9.17, 15) is 9.59 Å². The number of amides is 4. The molecule has 0 bridgehead atoms. The van der Waals surface area contributed by atoms with Gasteiger partial charge in [-0.15, -0.1) is 0 Å². The number of nitrogens with one attached hydrogen (secondary N) is 4. The van der Waals surface area contributed by atoms with Crippen LogP contribution >= 0.6 is 0 Å². The Kier molecular flexibility index (Phi) is 12.0. The summed E-state index contributed by atoms with van der Waals surface area (Å²) >= 11 is 0. The Morgan fingerprint density at radius 2 is 1.26 bits per heavy atom. The van der Waals surface area contributed by atoms with Crippen LogP contribution in [0.15, 0.2) is 18.2 Å². The van der Waals surface area contributed by atoms with Gasteiger partial charge in [0.25, 0.3) is 0 Å². The van der Waals surface area contributed by atoms with Gasteiger partial charge in [-0.3, -0.25) is 0 Å². The molecular formula is C23H42N6O2. The molecule has 4 N–H and O–H groups in total. The minimum Gasteiger partial charge on any atom is -0.334 e. The Hall–Kier alpha value is -2.32. The van der Waals surface area contributed by atoms with E-state index in [0.717, 1.165) is 44.8 Å². The average Bonchev–Trinajstić information content (AvgIpc) is 2.72. The molecule has 0 aliphatic heterocycles. The lowest BCUT2D eigenvalue weighted by Crippen LogP contribution is -2.44. The van der Waals surface area contributed by atoms with Crippen molar-refractivity contribution in [3.63, 3.8) is 0 Å². The molecule has 176 valence electrons. The lowest BCUT2D eigenvalue weighted by Gasteiger charge is -2.24. The SMILES string of the molecule is CCN(CC)C[C@@H](C)NC(=O)Nc1ccc(C)c(NC(=O)N[C@@H](C)CN(CC)CC)c1. The van der Waals surface area contributed by atoms with Crippen LogP contribution in [0.4, 0.5) is 21.0 Å². The van der Waals surface area contributed by atoms with Gasteiger partial charge < -0.3 is 31.1 Å². The van der Waals surface area contributed by atoms with E-state index in [4.69, 9.17) is 0 Å². The fourth-order valence-electron chi connectivity index (χ4n) is 3.44. The molecule has 1 aromatic rings. The Bertz CT molecular complexity index is 689. The quantitative estimate of drug-likeness (QED) is 0.404. The summed E-state index contributed by atoms with van der Waals surface area (Å²) in [7, 11) is 0. The van der Waals surface area contributed by atoms with Gasteiger partial charge in [0, 0.05) is 36.5 Å². The second kappa shape index (κ2) is 13.9. The first-order valence-electron chi connectivity index (χ1n) is 11.4. The molecule has 1 rings (SSSR count). The Morgan fingerprint density at radius 1 is 0.806 bits per heavy atom. The van der Waals surface area contributed by atoms with Gasteiger partial charge in [-0.05, 0) is 64.6 Å². The zero-order valence-electron chi connectivity index (χ0n) is 20.3. The number of urea groups is 2. The third-order valence-corrected chi connectivity index (χ3v) is 5.35. The number of hydrogen-bond donors (Lipinski definition) is 4. The molecule has 0 spiro atoms. The zero-order chi connectivity index (χ0) is 23.4. The van der Waals surface area contributed by atoms with Crippen LogP contribution in [0.3, 0.4) is 0 Å². The van der Waals surface area contributed by atoms with Crippen LogP contribution in [0.2, 0.25) is 0 Å². The van der Waals surface area contributed by atoms with E-state index in [1.165, 1.54) is 0 Å². The molecule has 0 radical (unpaired) electrons. The fourth-order valence-corrected chi connectivity index (χ4v) is 3.44. The number of rotatable bonds is 12. The molecule has 0 unspecified atom stereocenters. The van der Waals surface area contributed by atoms with Gasteiger partial charge in [0.1, 0.15) is 0 Å². The normalized spacial score (nSPS) is 13.1. The molecule has 0 aliphatic carbocycles. The highest BCUT2D eigenvalue weighted by molar-refractivity contribution is 5.93. The molecule has 0 saturated carbocycles. The Labute approximate surface area is 188 Å². The summed E-state index contributed by atoms with van der Waals surface area (Å²) < 4.78 is 0. The number of nitrogens with zero attached hydrogens (tertiary/aromatic N) is 2. The lowest BCUT2D eigenvalue weighted by molar-refractivity contribution is 0.237. The predicted octanol–water partition coefficient (Wildman–Crippen LogP) is 3.70. The minimum absolute atomic E-state index is 0.0274. The van der Waals surface area contributed by atoms with Crippen LogP contribution in [-0.4, -0.2) is 73.2 Å². The average molecular weight is 435 g/mol. The highest BCUT2D eigenvalue weighted by Crippen LogP contribution is 2.20. The summed E-state index contributed by atoms with van der Waals surface area (Å²) in [4.78, 5) is 29.3. The van der Waals surface area contributed by atoms with Gasteiger partial charge in [-0.2, -0.15) is 0 Å². The van der Waals surface area contributed by atoms with Crippen LogP contribution in [0.5, 0.6) is 0 Å². The highest BCUT2D eigenvalue weighted by atomic mass is 16.2. The highest BCUT2D eigenvalue weighted by Gasteiger charge is 2.13. The first-order valence-corrected chi connectivity index (χ1v) is 11.4. The smallest absolute Gasteiger partial charge is 0.319 e. The van der Waals surface area contributed by atoms with E-state index < -0.39 is 0 Å². The van der Waals surface area contributed by atoms with Crippen molar-refractivity contribution in [1.29, 1.82) is 0 Å². The molecule has 0 heterocycles. The van der Waals surface area contributed by atoms with Crippen LogP contribution in [0, 0.1) is 6.92 Å². The van der Waals surface area contributed by atoms with Crippen molar-refractivity contribution in [2.75, 3.05) is 49.9 Å². The van der Waals surface area contributed by atoms with Crippen LogP contribution < -0.4 is 21.3 Å². The Morgan fingerprint density at radius 3 is 1.71 bits per heavy atom. The van der Waals surface area contributed by atoms with Crippen LogP contribution in [0.1, 0.15) is 47.1 Å². The number of benzene rings is 1. The van der Waals surface area contributed by atoms with Crippen molar-refractivity contribution in [2.24, 2.45) is 0 Å². The number of carbonyl (C=O) groups is 2. The van der Waals surface area contributed by atoms with Crippen molar-refractivity contribution in [1.82, 2.24) is 20.4 Å². The fraction of sp³-hybridized carbons (Fsp3) is 0.652. The van der Waals surface area contributed by atoms with Gasteiger partial charge in [0.05, 0.1) is 0 Å². The monoisotopic (exact) mass is 434 g/mol. The molecule has 2 atom stereocenters. The van der Waals surface area contributed by atoms with Crippen LogP contribution in [-0.2, 0) is 0 Å². The van der Waals surface area contributed by atoms with Gasteiger partial charge in [0.15, 0.2) is 0 Å². The van der Waals surface area contributed by atoms with Gasteiger partial charge in [-0.25, -0.2) is 9.59 Å². The molecule has 0 aromatic heterocycles. The second-order valence-electron chi connectivity index (χ2n) is 8.00. The van der Waals surface area contributed by atoms with Gasteiger partial charge >= 0.3 is 12.1 Å². The van der Waals surface area contributed by atoms with E-state index in [1.807, 2.05) is 32.9 Å². The van der Waals surface area contributed by atoms with E-state index in [-0.39, 0.29) is 24.1 Å². The summed E-state index contributed by atoms with van der Waals surface area (Å²) in [6.07, 6.45) is 0. The minimum atomic E-state index is -0.258. The molecule has 8 heteroatoms. The van der Waals surface area contributed by atoms with Crippen molar-refractivity contribution in [3.8, 4) is 0 Å². The number of anilines is 2. The standard InChI is InChI=1S/C23H42N6O2/c1-8-28(9-2)15-18(6)24-22(30)26-20-13-12-17(5)21(14-20)27-23(31)25-19(7)16-29(10-3)11-4/h12-14,18-19H,8-11,15-16H2,1-7H3,(H2,24,26,30)(H2,25,27,31)/t18-,19+/m1/s1. The van der Waals surface area contributed by atoms with E-state index in [1.54, 1.807) is 6.07 Å². The van der Waals surface area contributed by atoms with Gasteiger partial charge in [0.2, 0.25) is 0 Å². The summed E-state index contributed by atoms with van der Waals surface area (Å²) in [5, 5.41) is 11.7. The summed E-state index contributed by atoms with van der Waals surface area (Å²) in [5.41, 5.74) is 2.22. The topological polar surface area (TPSA) is 88.7 Å². The lowest BCUT2D eigenvalue weighted by atomic mass is 10.2. The van der Waals surface area contributed by atoms with E-state index >= 15 is 0 Å². The third kappa shape index (κ3) is 10.0. The molecule has 8 nitrogen and oxygen atoms in total. The maximum Gasteiger partial charge on any atom is 0.319 e. The van der Waals surface area contributed by atoms with Crippen LogP contribution in [0.25, 0.3) is 0 Å². The Balaban J connectivity index is 2.64. The number of carbonyl (C=O) groups excluding carboxylic acids is 2. The molecule has 0 saturated heterocycles. The summed E-state index contributed by atoms with van der Waals surface area (Å²) in [6, 6.07) is 5.03. The second-order valence-corrected chi connectivity index (χ2v) is 8.00. The van der Waals surface area contributed by atoms with Crippen molar-refractivity contribution >= 4 is 23.4 Å². The first kappa shape index (κ1) is 26.7. The van der Waals surface area contributed by atoms with Crippen molar-refractivity contribution in [3.05, 3.63) is 23.8 Å². The van der Waals surface area contributed by atoms with Crippen molar-refractivity contribution in [2.45, 2.75) is 60.5 Å². The van der Waals surface area contributed by atoms with Crippen molar-refractivity contribution < 1.29 is 9.59 Å². The predicted molar refractivity (Wildman–Crippen MR) is 130 cm³/mol. The number of aryl methyl sites for hydroxylation is 1. The van der Waals surface area contributed by atoms with E-state index in [0.29, 0.717) is 11.4 Å². The maximum absolute atomic E-state index is 12.4. The summed E-state index contributed by atoms with van der Waals surface area (Å²) in [6.45, 7) is 19.7.